The van der Waals surface area contributed by atoms with Crippen molar-refractivity contribution in [3.05, 3.63) is 59.0 Å². The van der Waals surface area contributed by atoms with Crippen molar-refractivity contribution in [2.75, 3.05) is 17.7 Å². The smallest absolute Gasteiger partial charge is 0.340 e. The van der Waals surface area contributed by atoms with Gasteiger partial charge in [0.1, 0.15) is 11.3 Å². The second-order valence-corrected chi connectivity index (χ2v) is 5.63. The number of nitrogens with two attached hydrogens (primary N) is 1. The number of hydrogen-bond donors (Lipinski definition) is 2. The Labute approximate surface area is 148 Å². The molecule has 0 saturated heterocycles. The fraction of sp³-hybridized carbons (Fsp3) is 0.111. The molecule has 0 amide bonds. The highest BCUT2D eigenvalue weighted by Crippen LogP contribution is 2.34. The third-order valence-corrected chi connectivity index (χ3v) is 3.98. The van der Waals surface area contributed by atoms with Crippen LogP contribution in [-0.4, -0.2) is 17.6 Å². The van der Waals surface area contributed by atoms with Crippen LogP contribution in [0.4, 0.5) is 21.5 Å². The second kappa shape index (κ2) is 6.94. The van der Waals surface area contributed by atoms with Crippen molar-refractivity contribution in [3.63, 3.8) is 0 Å². The summed E-state index contributed by atoms with van der Waals surface area (Å²) in [7, 11) is 0. The Balaban J connectivity index is 2.07. The van der Waals surface area contributed by atoms with Crippen molar-refractivity contribution < 1.29 is 13.9 Å². The molecule has 0 fully saturated rings. The summed E-state index contributed by atoms with van der Waals surface area (Å²) >= 11 is 6.21. The number of nitrogens with one attached hydrogen (secondary N) is 1. The van der Waals surface area contributed by atoms with E-state index in [1.807, 2.05) is 0 Å². The van der Waals surface area contributed by atoms with Gasteiger partial charge in [0.25, 0.3) is 0 Å². The van der Waals surface area contributed by atoms with Gasteiger partial charge < -0.3 is 15.8 Å². The summed E-state index contributed by atoms with van der Waals surface area (Å²) < 4.78 is 19.0. The third kappa shape index (κ3) is 3.21. The maximum Gasteiger partial charge on any atom is 0.340 e. The largest absolute Gasteiger partial charge is 0.462 e. The van der Waals surface area contributed by atoms with E-state index in [1.165, 1.54) is 18.3 Å². The first-order valence-electron chi connectivity index (χ1n) is 7.58. The number of fused-ring (bicyclic) bond motifs is 1. The van der Waals surface area contributed by atoms with Gasteiger partial charge in [0.05, 0.1) is 34.3 Å². The lowest BCUT2D eigenvalue weighted by Crippen LogP contribution is -2.09. The van der Waals surface area contributed by atoms with Crippen molar-refractivity contribution in [3.8, 4) is 0 Å². The topological polar surface area (TPSA) is 77.2 Å². The number of nitrogens with zero attached hydrogens (tertiary/aromatic N) is 1. The Hall–Kier alpha value is -2.86. The molecule has 2 aromatic carbocycles. The highest BCUT2D eigenvalue weighted by molar-refractivity contribution is 6.36. The number of carbonyl (C=O) groups excluding carboxylic acids is 1. The van der Waals surface area contributed by atoms with E-state index in [4.69, 9.17) is 22.1 Å². The van der Waals surface area contributed by atoms with E-state index >= 15 is 0 Å². The normalized spacial score (nSPS) is 10.7. The van der Waals surface area contributed by atoms with Crippen LogP contribution in [0.5, 0.6) is 0 Å². The number of anilines is 3. The monoisotopic (exact) mass is 359 g/mol. The van der Waals surface area contributed by atoms with E-state index in [2.05, 4.69) is 10.3 Å². The van der Waals surface area contributed by atoms with Crippen LogP contribution in [0.2, 0.25) is 5.02 Å². The van der Waals surface area contributed by atoms with Crippen LogP contribution in [0.15, 0.2) is 42.6 Å². The van der Waals surface area contributed by atoms with Crippen LogP contribution >= 0.6 is 11.6 Å². The van der Waals surface area contributed by atoms with Crippen molar-refractivity contribution in [1.82, 2.24) is 4.98 Å². The van der Waals surface area contributed by atoms with Gasteiger partial charge in [-0.1, -0.05) is 17.7 Å². The molecule has 0 saturated carbocycles. The average molecular weight is 360 g/mol. The highest BCUT2D eigenvalue weighted by Gasteiger charge is 2.15. The SMILES string of the molecule is CCOC(=O)c1cccc(Nc2ccnc3c(F)ccc(Cl)c23)c1N. The molecule has 3 aromatic rings. The van der Waals surface area contributed by atoms with Crippen LogP contribution in [0, 0.1) is 5.82 Å². The van der Waals surface area contributed by atoms with E-state index in [9.17, 15) is 9.18 Å². The molecule has 1 heterocycles. The Morgan fingerprint density at radius 1 is 1.28 bits per heavy atom. The molecule has 0 aliphatic heterocycles. The number of rotatable bonds is 4. The Bertz CT molecular complexity index is 962. The number of hydrogen-bond acceptors (Lipinski definition) is 5. The molecular weight excluding hydrogens is 345 g/mol. The van der Waals surface area contributed by atoms with Crippen LogP contribution in [-0.2, 0) is 4.74 Å². The van der Waals surface area contributed by atoms with Gasteiger partial charge in [0, 0.05) is 11.6 Å². The van der Waals surface area contributed by atoms with Gasteiger partial charge in [-0.3, -0.25) is 4.98 Å². The number of aromatic nitrogens is 1. The molecule has 128 valence electrons. The Morgan fingerprint density at radius 3 is 2.84 bits per heavy atom. The van der Waals surface area contributed by atoms with Gasteiger partial charge in [0.2, 0.25) is 0 Å². The fourth-order valence-electron chi connectivity index (χ4n) is 2.50. The molecule has 0 aliphatic rings. The predicted octanol–water partition coefficient (Wildman–Crippen LogP) is 4.53. The van der Waals surface area contributed by atoms with Crippen LogP contribution < -0.4 is 11.1 Å². The number of ether oxygens (including phenoxy) is 1. The number of pyridine rings is 1. The maximum absolute atomic E-state index is 14.0. The average Bonchev–Trinajstić information content (AvgIpc) is 2.60. The van der Waals surface area contributed by atoms with Gasteiger partial charge in [-0.15, -0.1) is 0 Å². The van der Waals surface area contributed by atoms with E-state index in [0.29, 0.717) is 21.8 Å². The summed E-state index contributed by atoms with van der Waals surface area (Å²) in [5.41, 5.74) is 7.74. The Morgan fingerprint density at radius 2 is 2.08 bits per heavy atom. The number of benzene rings is 2. The molecule has 0 bridgehead atoms. The van der Waals surface area contributed by atoms with Gasteiger partial charge in [-0.05, 0) is 37.3 Å². The van der Waals surface area contributed by atoms with Gasteiger partial charge in [0.15, 0.2) is 0 Å². The molecule has 3 N–H and O–H groups in total. The van der Waals surface area contributed by atoms with E-state index in [1.54, 1.807) is 31.2 Å². The maximum atomic E-state index is 14.0. The number of esters is 1. The first-order valence-corrected chi connectivity index (χ1v) is 7.96. The molecule has 25 heavy (non-hydrogen) atoms. The summed E-state index contributed by atoms with van der Waals surface area (Å²) in [6, 6.07) is 9.34. The zero-order valence-corrected chi connectivity index (χ0v) is 14.1. The summed E-state index contributed by atoms with van der Waals surface area (Å²) in [4.78, 5) is 16.0. The minimum atomic E-state index is -0.507. The summed E-state index contributed by atoms with van der Waals surface area (Å²) in [6.45, 7) is 1.97. The number of nitrogen functional groups attached to an aromatic ring is 1. The van der Waals surface area contributed by atoms with Gasteiger partial charge in [-0.25, -0.2) is 9.18 Å². The lowest BCUT2D eigenvalue weighted by atomic mass is 10.1. The van der Waals surface area contributed by atoms with Crippen molar-refractivity contribution >= 4 is 45.5 Å². The molecule has 3 rings (SSSR count). The summed E-state index contributed by atoms with van der Waals surface area (Å²) in [6.07, 6.45) is 1.47. The third-order valence-electron chi connectivity index (χ3n) is 3.66. The fourth-order valence-corrected chi connectivity index (χ4v) is 2.76. The first kappa shape index (κ1) is 17.0. The molecule has 1 aromatic heterocycles. The minimum Gasteiger partial charge on any atom is -0.462 e. The number of halogens is 2. The lowest BCUT2D eigenvalue weighted by molar-refractivity contribution is 0.0527. The molecule has 0 spiro atoms. The summed E-state index contributed by atoms with van der Waals surface area (Å²) in [5, 5.41) is 3.89. The Kier molecular flexibility index (Phi) is 4.72. The van der Waals surface area contributed by atoms with E-state index in [0.717, 1.165) is 0 Å². The van der Waals surface area contributed by atoms with Crippen LogP contribution in [0.1, 0.15) is 17.3 Å². The van der Waals surface area contributed by atoms with Crippen LogP contribution in [0.25, 0.3) is 10.9 Å². The zero-order valence-electron chi connectivity index (χ0n) is 13.3. The van der Waals surface area contributed by atoms with Crippen LogP contribution in [0.3, 0.4) is 0 Å². The molecule has 0 unspecified atom stereocenters. The van der Waals surface area contributed by atoms with Crippen molar-refractivity contribution in [2.45, 2.75) is 6.92 Å². The van der Waals surface area contributed by atoms with Gasteiger partial charge >= 0.3 is 5.97 Å². The lowest BCUT2D eigenvalue weighted by Gasteiger charge is -2.14. The highest BCUT2D eigenvalue weighted by atomic mass is 35.5. The number of para-hydroxylation sites is 1. The quantitative estimate of drug-likeness (QED) is 0.528. The molecule has 5 nitrogen and oxygen atoms in total. The molecule has 0 atom stereocenters. The minimum absolute atomic E-state index is 0.151. The zero-order chi connectivity index (χ0) is 18.0. The standard InChI is InChI=1S/C18H15ClFN3O2/c1-2-25-18(24)10-4-3-5-14(16(10)21)23-13-8-9-22-17-12(20)7-6-11(19)15(13)17/h3-9H,2,21H2,1H3,(H,22,23). The van der Waals surface area contributed by atoms with Crippen molar-refractivity contribution in [2.24, 2.45) is 0 Å². The molecular formula is C18H15ClFN3O2. The van der Waals surface area contributed by atoms with E-state index < -0.39 is 11.8 Å². The van der Waals surface area contributed by atoms with E-state index in [-0.39, 0.29) is 23.4 Å². The van der Waals surface area contributed by atoms with Gasteiger partial charge in [-0.2, -0.15) is 0 Å². The second-order valence-electron chi connectivity index (χ2n) is 5.22. The molecule has 0 aliphatic carbocycles. The predicted molar refractivity (Wildman–Crippen MR) is 96.8 cm³/mol. The first-order chi connectivity index (χ1) is 12.0. The molecule has 0 radical (unpaired) electrons. The molecule has 7 heteroatoms. The summed E-state index contributed by atoms with van der Waals surface area (Å²) in [5.74, 6) is -0.983. The number of carbonyl (C=O) groups is 1. The van der Waals surface area contributed by atoms with Crippen molar-refractivity contribution in [1.29, 1.82) is 0 Å².